The molecule has 0 unspecified atom stereocenters. The van der Waals surface area contributed by atoms with Gasteiger partial charge in [0.25, 0.3) is 5.56 Å². The van der Waals surface area contributed by atoms with Gasteiger partial charge in [0.1, 0.15) is 5.65 Å². The van der Waals surface area contributed by atoms with Crippen LogP contribution in [0.3, 0.4) is 0 Å². The molecular weight excluding hydrogens is 354 g/mol. The van der Waals surface area contributed by atoms with Crippen LogP contribution >= 0.6 is 0 Å². The van der Waals surface area contributed by atoms with Crippen LogP contribution in [0.25, 0.3) is 11.0 Å². The average molecular weight is 375 g/mol. The van der Waals surface area contributed by atoms with E-state index in [0.717, 1.165) is 4.57 Å². The smallest absolute Gasteiger partial charge is 0.332 e. The number of carboxylic acid groups (broad SMARTS) is 1. The number of carboxylic acids is 1. The lowest BCUT2D eigenvalue weighted by Gasteiger charge is -2.26. The van der Waals surface area contributed by atoms with E-state index in [-0.39, 0.29) is 23.0 Å². The summed E-state index contributed by atoms with van der Waals surface area (Å²) >= 11 is 0. The monoisotopic (exact) mass is 375 g/mol. The van der Waals surface area contributed by atoms with Crippen LogP contribution in [0.2, 0.25) is 0 Å². The summed E-state index contributed by atoms with van der Waals surface area (Å²) in [4.78, 5) is 51.5. The van der Waals surface area contributed by atoms with Gasteiger partial charge < -0.3 is 15.7 Å². The molecule has 0 saturated heterocycles. The molecule has 10 nitrogen and oxygen atoms in total. The van der Waals surface area contributed by atoms with Gasteiger partial charge in [0.15, 0.2) is 0 Å². The predicted octanol–water partition coefficient (Wildman–Crippen LogP) is 0.397. The summed E-state index contributed by atoms with van der Waals surface area (Å²) in [5.41, 5.74) is -0.400. The molecule has 3 N–H and O–H groups in total. The lowest BCUT2D eigenvalue weighted by Crippen LogP contribution is -2.41. The molecule has 1 fully saturated rings. The summed E-state index contributed by atoms with van der Waals surface area (Å²) in [5.74, 6) is -1.14. The maximum atomic E-state index is 12.3. The summed E-state index contributed by atoms with van der Waals surface area (Å²) in [6.45, 7) is 0. The average Bonchev–Trinajstić information content (AvgIpc) is 2.65. The van der Waals surface area contributed by atoms with Crippen molar-refractivity contribution in [3.63, 3.8) is 0 Å². The molecule has 10 heteroatoms. The molecule has 27 heavy (non-hydrogen) atoms. The van der Waals surface area contributed by atoms with Crippen LogP contribution < -0.4 is 21.9 Å². The van der Waals surface area contributed by atoms with Crippen LogP contribution in [0.4, 0.5) is 10.5 Å². The van der Waals surface area contributed by atoms with Crippen LogP contribution in [0.5, 0.6) is 0 Å². The fraction of sp³-hybridized carbons (Fsp3) is 0.471. The van der Waals surface area contributed by atoms with Crippen molar-refractivity contribution in [2.45, 2.75) is 31.7 Å². The fourth-order valence-electron chi connectivity index (χ4n) is 3.37. The Morgan fingerprint density at radius 1 is 1.15 bits per heavy atom. The molecule has 2 aromatic heterocycles. The Hall–Kier alpha value is -3.17. The number of aryl methyl sites for hydroxylation is 1. The predicted molar refractivity (Wildman–Crippen MR) is 97.8 cm³/mol. The molecule has 0 aromatic carbocycles. The Bertz CT molecular complexity index is 1020. The van der Waals surface area contributed by atoms with Gasteiger partial charge in [0.2, 0.25) is 0 Å². The number of carbonyl (C=O) groups is 2. The van der Waals surface area contributed by atoms with Crippen molar-refractivity contribution in [3.05, 3.63) is 33.1 Å². The van der Waals surface area contributed by atoms with Gasteiger partial charge in [-0.25, -0.2) is 14.6 Å². The lowest BCUT2D eigenvalue weighted by atomic mass is 9.86. The maximum absolute atomic E-state index is 12.3. The molecule has 3 rings (SSSR count). The molecule has 0 bridgehead atoms. The number of pyridine rings is 1. The molecule has 0 atom stereocenters. The molecule has 2 aromatic rings. The van der Waals surface area contributed by atoms with Gasteiger partial charge in [-0.15, -0.1) is 0 Å². The van der Waals surface area contributed by atoms with E-state index in [9.17, 15) is 19.2 Å². The van der Waals surface area contributed by atoms with Gasteiger partial charge in [-0.05, 0) is 31.7 Å². The molecule has 144 valence electrons. The zero-order valence-corrected chi connectivity index (χ0v) is 15.1. The number of anilines is 1. The third-order valence-electron chi connectivity index (χ3n) is 4.96. The highest BCUT2D eigenvalue weighted by Crippen LogP contribution is 2.24. The second-order valence-corrected chi connectivity index (χ2v) is 6.79. The van der Waals surface area contributed by atoms with Crippen molar-refractivity contribution in [1.29, 1.82) is 0 Å². The standard InChI is InChI=1S/C17H21N5O5/c1-21-13-12(14(23)22(2)17(21)27)7-11(8-18-13)20-16(26)19-10-5-3-9(4-6-10)15(24)25/h7-10H,3-6H2,1-2H3,(H,24,25)(H2,19,20,26). The maximum Gasteiger partial charge on any atom is 0.332 e. The zero-order chi connectivity index (χ0) is 19.7. The van der Waals surface area contributed by atoms with E-state index < -0.39 is 23.2 Å². The van der Waals surface area contributed by atoms with Gasteiger partial charge in [-0.2, -0.15) is 0 Å². The van der Waals surface area contributed by atoms with Crippen LogP contribution in [0.15, 0.2) is 21.9 Å². The number of fused-ring (bicyclic) bond motifs is 1. The van der Waals surface area contributed by atoms with E-state index in [4.69, 9.17) is 5.11 Å². The van der Waals surface area contributed by atoms with Crippen LogP contribution in [-0.2, 0) is 18.9 Å². The molecule has 0 spiro atoms. The van der Waals surface area contributed by atoms with E-state index >= 15 is 0 Å². The molecule has 1 aliphatic rings. The number of urea groups is 1. The largest absolute Gasteiger partial charge is 0.481 e. The quantitative estimate of drug-likeness (QED) is 0.710. The van der Waals surface area contributed by atoms with E-state index in [0.29, 0.717) is 31.4 Å². The number of amides is 2. The first-order valence-electron chi connectivity index (χ1n) is 8.64. The molecule has 2 heterocycles. The number of aliphatic carboxylic acids is 1. The summed E-state index contributed by atoms with van der Waals surface area (Å²) in [6, 6.07) is 0.935. The first-order valence-corrected chi connectivity index (χ1v) is 8.64. The van der Waals surface area contributed by atoms with Crippen molar-refractivity contribution in [2.75, 3.05) is 5.32 Å². The summed E-state index contributed by atoms with van der Waals surface area (Å²) in [5, 5.41) is 14.7. The summed E-state index contributed by atoms with van der Waals surface area (Å²) in [6.07, 6.45) is 3.64. The number of nitrogens with one attached hydrogen (secondary N) is 2. The highest BCUT2D eigenvalue weighted by atomic mass is 16.4. The number of aromatic nitrogens is 3. The molecule has 0 radical (unpaired) electrons. The first kappa shape index (κ1) is 18.6. The highest BCUT2D eigenvalue weighted by Gasteiger charge is 2.26. The summed E-state index contributed by atoms with van der Waals surface area (Å²) < 4.78 is 2.25. The second-order valence-electron chi connectivity index (χ2n) is 6.79. The lowest BCUT2D eigenvalue weighted by molar-refractivity contribution is -0.142. The van der Waals surface area contributed by atoms with Crippen LogP contribution in [0.1, 0.15) is 25.7 Å². The summed E-state index contributed by atoms with van der Waals surface area (Å²) in [7, 11) is 2.90. The number of hydrogen-bond acceptors (Lipinski definition) is 5. The van der Waals surface area contributed by atoms with Crippen molar-refractivity contribution >= 4 is 28.7 Å². The number of carbonyl (C=O) groups excluding carboxylic acids is 1. The zero-order valence-electron chi connectivity index (χ0n) is 15.1. The van der Waals surface area contributed by atoms with Crippen LogP contribution in [0, 0.1) is 5.92 Å². The minimum Gasteiger partial charge on any atom is -0.481 e. The first-order chi connectivity index (χ1) is 12.8. The van der Waals surface area contributed by atoms with Gasteiger partial charge in [0, 0.05) is 20.1 Å². The molecule has 1 aliphatic carbocycles. The van der Waals surface area contributed by atoms with Gasteiger partial charge in [-0.1, -0.05) is 0 Å². The molecule has 2 amide bonds. The molecule has 1 saturated carbocycles. The number of nitrogens with zero attached hydrogens (tertiary/aromatic N) is 3. The third kappa shape index (κ3) is 3.69. The number of hydrogen-bond donors (Lipinski definition) is 3. The van der Waals surface area contributed by atoms with E-state index in [2.05, 4.69) is 15.6 Å². The minimum atomic E-state index is -0.795. The molecular formula is C17H21N5O5. The van der Waals surface area contributed by atoms with Crippen molar-refractivity contribution < 1.29 is 14.7 Å². The van der Waals surface area contributed by atoms with Gasteiger partial charge in [-0.3, -0.25) is 18.7 Å². The Balaban J connectivity index is 1.72. The van der Waals surface area contributed by atoms with Gasteiger partial charge >= 0.3 is 17.7 Å². The topological polar surface area (TPSA) is 135 Å². The normalized spacial score (nSPS) is 19.6. The van der Waals surface area contributed by atoms with Crippen LogP contribution in [-0.4, -0.2) is 37.3 Å². The van der Waals surface area contributed by atoms with Crippen molar-refractivity contribution in [3.8, 4) is 0 Å². The van der Waals surface area contributed by atoms with E-state index in [1.807, 2.05) is 0 Å². The van der Waals surface area contributed by atoms with E-state index in [1.165, 1.54) is 30.9 Å². The van der Waals surface area contributed by atoms with Crippen molar-refractivity contribution in [2.24, 2.45) is 20.0 Å². The minimum absolute atomic E-state index is 0.0947. The fourth-order valence-corrected chi connectivity index (χ4v) is 3.37. The van der Waals surface area contributed by atoms with E-state index in [1.54, 1.807) is 0 Å². The third-order valence-corrected chi connectivity index (χ3v) is 4.96. The van der Waals surface area contributed by atoms with Crippen molar-refractivity contribution in [1.82, 2.24) is 19.4 Å². The Morgan fingerprint density at radius 2 is 1.81 bits per heavy atom. The Kier molecular flexibility index (Phi) is 4.98. The number of rotatable bonds is 3. The Labute approximate surface area is 153 Å². The molecule has 0 aliphatic heterocycles. The second kappa shape index (κ2) is 7.22. The Morgan fingerprint density at radius 3 is 2.44 bits per heavy atom. The van der Waals surface area contributed by atoms with Gasteiger partial charge in [0.05, 0.1) is 23.2 Å². The SMILES string of the molecule is Cn1c(=O)c2cc(NC(=O)NC3CCC(C(=O)O)CC3)cnc2n(C)c1=O. The highest BCUT2D eigenvalue weighted by molar-refractivity contribution is 5.91.